The van der Waals surface area contributed by atoms with Gasteiger partial charge in [-0.3, -0.25) is 4.90 Å². The molecule has 0 spiro atoms. The van der Waals surface area contributed by atoms with Gasteiger partial charge in [0.1, 0.15) is 0 Å². The second-order valence-electron chi connectivity index (χ2n) is 9.13. The summed E-state index contributed by atoms with van der Waals surface area (Å²) < 4.78 is 6.08. The van der Waals surface area contributed by atoms with E-state index >= 15 is 0 Å². The largest absolute Gasteiger partial charge is 0.376 e. The zero-order valence-corrected chi connectivity index (χ0v) is 16.7. The van der Waals surface area contributed by atoms with Crippen LogP contribution in [0.25, 0.3) is 0 Å². The van der Waals surface area contributed by atoms with Crippen molar-refractivity contribution in [2.75, 3.05) is 59.5 Å². The summed E-state index contributed by atoms with van der Waals surface area (Å²) in [6.07, 6.45) is 1.52. The van der Waals surface area contributed by atoms with E-state index in [0.717, 1.165) is 58.8 Å². The van der Waals surface area contributed by atoms with Crippen LogP contribution < -0.4 is 5.32 Å². The number of ether oxygens (including phenoxy) is 1. The van der Waals surface area contributed by atoms with Crippen LogP contribution >= 0.6 is 0 Å². The summed E-state index contributed by atoms with van der Waals surface area (Å²) in [5, 5.41) is 3.25. The first-order chi connectivity index (χ1) is 10.6. The molecule has 1 aliphatic heterocycles. The Morgan fingerprint density at radius 2 is 1.91 bits per heavy atom. The Morgan fingerprint density at radius 1 is 1.22 bits per heavy atom. The van der Waals surface area contributed by atoms with Crippen molar-refractivity contribution in [3.05, 3.63) is 0 Å². The number of hydrogen-bond acceptors (Lipinski definition) is 4. The highest BCUT2D eigenvalue weighted by atomic mass is 16.5. The van der Waals surface area contributed by atoms with E-state index in [9.17, 15) is 0 Å². The predicted octanol–water partition coefficient (Wildman–Crippen LogP) is 2.69. The topological polar surface area (TPSA) is 27.7 Å². The maximum absolute atomic E-state index is 6.08. The van der Waals surface area contributed by atoms with Crippen molar-refractivity contribution in [1.82, 2.24) is 15.1 Å². The number of hydrogen-bond donors (Lipinski definition) is 1. The summed E-state index contributed by atoms with van der Waals surface area (Å²) in [7, 11) is 2.03. The lowest BCUT2D eigenvalue weighted by Crippen LogP contribution is -2.48. The Morgan fingerprint density at radius 3 is 2.48 bits per heavy atom. The quantitative estimate of drug-likeness (QED) is 0.705. The normalized spacial score (nSPS) is 21.1. The molecule has 1 rings (SSSR count). The van der Waals surface area contributed by atoms with E-state index in [1.807, 2.05) is 7.05 Å². The van der Waals surface area contributed by atoms with Crippen molar-refractivity contribution in [1.29, 1.82) is 0 Å². The fraction of sp³-hybridized carbons (Fsp3) is 1.00. The molecule has 1 unspecified atom stereocenters. The number of nitrogens with zero attached hydrogens (tertiary/aromatic N) is 2. The van der Waals surface area contributed by atoms with Gasteiger partial charge in [-0.25, -0.2) is 0 Å². The van der Waals surface area contributed by atoms with Crippen LogP contribution in [0.1, 0.15) is 48.0 Å². The second kappa shape index (κ2) is 9.36. The first-order valence-electron chi connectivity index (χ1n) is 9.36. The van der Waals surface area contributed by atoms with Gasteiger partial charge in [0.05, 0.1) is 12.7 Å². The van der Waals surface area contributed by atoms with E-state index in [2.05, 4.69) is 56.7 Å². The third kappa shape index (κ3) is 9.04. The molecule has 1 atom stereocenters. The Hall–Kier alpha value is -0.160. The molecule has 0 saturated carbocycles. The van der Waals surface area contributed by atoms with Crippen LogP contribution in [0.15, 0.2) is 0 Å². The molecule has 0 amide bonds. The standard InChI is InChI=1S/C19H41N3O/c1-8-21(10-9-20-7)16-19(5,6)13-17-14-22(11-12-23-17)15-18(2,3)4/h17,20H,8-16H2,1-7H3. The van der Waals surface area contributed by atoms with E-state index in [1.54, 1.807) is 0 Å². The van der Waals surface area contributed by atoms with Crippen LogP contribution in [0.4, 0.5) is 0 Å². The van der Waals surface area contributed by atoms with Crippen molar-refractivity contribution >= 4 is 0 Å². The van der Waals surface area contributed by atoms with Gasteiger partial charge in [-0.05, 0) is 30.8 Å². The molecule has 4 heteroatoms. The maximum atomic E-state index is 6.08. The first kappa shape index (κ1) is 20.9. The predicted molar refractivity (Wildman–Crippen MR) is 100 cm³/mol. The fourth-order valence-corrected chi connectivity index (χ4v) is 3.62. The zero-order chi connectivity index (χ0) is 17.5. The van der Waals surface area contributed by atoms with Crippen molar-refractivity contribution < 1.29 is 4.74 Å². The maximum Gasteiger partial charge on any atom is 0.0708 e. The third-order valence-electron chi connectivity index (χ3n) is 4.48. The van der Waals surface area contributed by atoms with Gasteiger partial charge in [0.15, 0.2) is 0 Å². The van der Waals surface area contributed by atoms with Gasteiger partial charge in [0.25, 0.3) is 0 Å². The molecule has 0 aromatic rings. The van der Waals surface area contributed by atoms with Crippen molar-refractivity contribution in [2.45, 2.75) is 54.1 Å². The van der Waals surface area contributed by atoms with Gasteiger partial charge >= 0.3 is 0 Å². The molecule has 23 heavy (non-hydrogen) atoms. The molecule has 1 fully saturated rings. The Kier molecular flexibility index (Phi) is 8.50. The minimum absolute atomic E-state index is 0.291. The Balaban J connectivity index is 2.48. The van der Waals surface area contributed by atoms with E-state index in [1.165, 1.54) is 0 Å². The van der Waals surface area contributed by atoms with Crippen molar-refractivity contribution in [3.8, 4) is 0 Å². The van der Waals surface area contributed by atoms with Gasteiger partial charge in [-0.1, -0.05) is 41.5 Å². The molecule has 1 N–H and O–H groups in total. The number of nitrogens with one attached hydrogen (secondary N) is 1. The van der Waals surface area contributed by atoms with Crippen LogP contribution in [0.3, 0.4) is 0 Å². The molecule has 1 aliphatic rings. The summed E-state index contributed by atoms with van der Waals surface area (Å²) in [5.41, 5.74) is 0.655. The monoisotopic (exact) mass is 327 g/mol. The molecular formula is C19H41N3O. The minimum Gasteiger partial charge on any atom is -0.376 e. The second-order valence-corrected chi connectivity index (χ2v) is 9.13. The summed E-state index contributed by atoms with van der Waals surface area (Å²) in [6, 6.07) is 0. The van der Waals surface area contributed by atoms with E-state index in [4.69, 9.17) is 4.74 Å². The van der Waals surface area contributed by atoms with Gasteiger partial charge < -0.3 is 15.0 Å². The third-order valence-corrected chi connectivity index (χ3v) is 4.48. The highest BCUT2D eigenvalue weighted by molar-refractivity contribution is 4.83. The molecule has 0 bridgehead atoms. The van der Waals surface area contributed by atoms with Crippen molar-refractivity contribution in [3.63, 3.8) is 0 Å². The first-order valence-corrected chi connectivity index (χ1v) is 9.36. The van der Waals surface area contributed by atoms with Crippen molar-refractivity contribution in [2.24, 2.45) is 10.8 Å². The smallest absolute Gasteiger partial charge is 0.0708 e. The van der Waals surface area contributed by atoms with Crippen LogP contribution in [0.5, 0.6) is 0 Å². The highest BCUT2D eigenvalue weighted by Gasteiger charge is 2.30. The highest BCUT2D eigenvalue weighted by Crippen LogP contribution is 2.27. The Labute approximate surface area is 144 Å². The molecule has 1 heterocycles. The molecule has 138 valence electrons. The molecule has 4 nitrogen and oxygen atoms in total. The molecule has 0 aromatic heterocycles. The lowest BCUT2D eigenvalue weighted by Gasteiger charge is -2.40. The van der Waals surface area contributed by atoms with Crippen LogP contribution in [0.2, 0.25) is 0 Å². The van der Waals surface area contributed by atoms with Gasteiger partial charge in [-0.15, -0.1) is 0 Å². The summed E-state index contributed by atoms with van der Waals surface area (Å²) >= 11 is 0. The molecule has 0 aromatic carbocycles. The molecule has 1 saturated heterocycles. The summed E-state index contributed by atoms with van der Waals surface area (Å²) in [6.45, 7) is 22.7. The van der Waals surface area contributed by atoms with E-state index in [0.29, 0.717) is 16.9 Å². The molecular weight excluding hydrogens is 286 g/mol. The summed E-state index contributed by atoms with van der Waals surface area (Å²) in [4.78, 5) is 5.13. The zero-order valence-electron chi connectivity index (χ0n) is 16.7. The lowest BCUT2D eigenvalue weighted by molar-refractivity contribution is -0.0574. The van der Waals surface area contributed by atoms with Gasteiger partial charge in [0, 0.05) is 39.3 Å². The van der Waals surface area contributed by atoms with Crippen LogP contribution in [-0.4, -0.2) is 75.4 Å². The van der Waals surface area contributed by atoms with Crippen LogP contribution in [0, 0.1) is 10.8 Å². The van der Waals surface area contributed by atoms with Crippen LogP contribution in [-0.2, 0) is 4.74 Å². The number of rotatable bonds is 9. The van der Waals surface area contributed by atoms with E-state index in [-0.39, 0.29) is 0 Å². The number of likely N-dealkylation sites (N-methyl/N-ethyl adjacent to an activating group) is 2. The average molecular weight is 328 g/mol. The molecule has 0 aliphatic carbocycles. The Bertz CT molecular complexity index is 325. The SMILES string of the molecule is CCN(CCNC)CC(C)(C)CC1CN(CC(C)(C)C)CCO1. The average Bonchev–Trinajstić information content (AvgIpc) is 2.41. The van der Waals surface area contributed by atoms with Gasteiger partial charge in [-0.2, -0.15) is 0 Å². The fourth-order valence-electron chi connectivity index (χ4n) is 3.62. The van der Waals surface area contributed by atoms with Gasteiger partial charge in [0.2, 0.25) is 0 Å². The summed E-state index contributed by atoms with van der Waals surface area (Å²) in [5.74, 6) is 0. The molecule has 0 radical (unpaired) electrons. The minimum atomic E-state index is 0.291. The number of morpholine rings is 1. The van der Waals surface area contributed by atoms with E-state index < -0.39 is 0 Å². The lowest BCUT2D eigenvalue weighted by atomic mass is 9.85.